The number of aliphatic hydroxyl groups is 1. The second kappa shape index (κ2) is 8.60. The summed E-state index contributed by atoms with van der Waals surface area (Å²) in [5.41, 5.74) is 3.78. The Balaban J connectivity index is 1.83. The first-order chi connectivity index (χ1) is 10.3. The Hall–Kier alpha value is -1.64. The Labute approximate surface area is 127 Å². The fourth-order valence-corrected chi connectivity index (χ4v) is 2.49. The van der Waals surface area contributed by atoms with Crippen LogP contribution in [0, 0.1) is 0 Å². The maximum Gasteiger partial charge on any atom is 0.0543 e. The molecule has 2 aromatic rings. The van der Waals surface area contributed by atoms with Crippen LogP contribution in [0.15, 0.2) is 54.6 Å². The highest BCUT2D eigenvalue weighted by molar-refractivity contribution is 5.63. The lowest BCUT2D eigenvalue weighted by atomic mass is 10.00. The number of hydrogen-bond donors (Lipinski definition) is 2. The SMILES string of the molecule is CNCCCC(O)CCc1ccc(-c2ccccc2)cc1. The summed E-state index contributed by atoms with van der Waals surface area (Å²) in [5, 5.41) is 13.0. The molecule has 2 N–H and O–H groups in total. The van der Waals surface area contributed by atoms with Crippen LogP contribution in [0.1, 0.15) is 24.8 Å². The van der Waals surface area contributed by atoms with Crippen LogP contribution >= 0.6 is 0 Å². The van der Waals surface area contributed by atoms with E-state index < -0.39 is 0 Å². The molecule has 0 spiro atoms. The van der Waals surface area contributed by atoms with E-state index in [1.54, 1.807) is 0 Å². The predicted octanol–water partition coefficient (Wildman–Crippen LogP) is 3.65. The molecule has 112 valence electrons. The Bertz CT molecular complexity index is 507. The largest absolute Gasteiger partial charge is 0.393 e. The van der Waals surface area contributed by atoms with Gasteiger partial charge in [0, 0.05) is 0 Å². The first kappa shape index (κ1) is 15.7. The van der Waals surface area contributed by atoms with Crippen LogP contribution in [-0.4, -0.2) is 24.8 Å². The molecule has 0 saturated heterocycles. The van der Waals surface area contributed by atoms with Gasteiger partial charge in [-0.3, -0.25) is 0 Å². The van der Waals surface area contributed by atoms with Crippen molar-refractivity contribution in [3.8, 4) is 11.1 Å². The molecule has 0 radical (unpaired) electrons. The van der Waals surface area contributed by atoms with Crippen molar-refractivity contribution in [1.29, 1.82) is 0 Å². The van der Waals surface area contributed by atoms with Gasteiger partial charge >= 0.3 is 0 Å². The summed E-state index contributed by atoms with van der Waals surface area (Å²) in [4.78, 5) is 0. The van der Waals surface area contributed by atoms with Gasteiger partial charge in [-0.05, 0) is 56.0 Å². The maximum absolute atomic E-state index is 9.94. The van der Waals surface area contributed by atoms with Gasteiger partial charge in [-0.25, -0.2) is 0 Å². The molecule has 0 saturated carbocycles. The van der Waals surface area contributed by atoms with E-state index in [4.69, 9.17) is 0 Å². The normalized spacial score (nSPS) is 12.3. The minimum absolute atomic E-state index is 0.188. The summed E-state index contributed by atoms with van der Waals surface area (Å²) in [6.45, 7) is 0.975. The quantitative estimate of drug-likeness (QED) is 0.725. The lowest BCUT2D eigenvalue weighted by Gasteiger charge is -2.10. The number of benzene rings is 2. The number of aryl methyl sites for hydroxylation is 1. The molecule has 2 rings (SSSR count). The van der Waals surface area contributed by atoms with Gasteiger partial charge in [0.2, 0.25) is 0 Å². The second-order valence-electron chi connectivity index (χ2n) is 5.50. The minimum Gasteiger partial charge on any atom is -0.393 e. The van der Waals surface area contributed by atoms with E-state index in [1.165, 1.54) is 16.7 Å². The minimum atomic E-state index is -0.188. The van der Waals surface area contributed by atoms with Crippen molar-refractivity contribution in [2.75, 3.05) is 13.6 Å². The highest BCUT2D eigenvalue weighted by Crippen LogP contribution is 2.20. The maximum atomic E-state index is 9.94. The average Bonchev–Trinajstić information content (AvgIpc) is 2.54. The van der Waals surface area contributed by atoms with Crippen molar-refractivity contribution in [2.24, 2.45) is 0 Å². The van der Waals surface area contributed by atoms with Crippen LogP contribution in [0.5, 0.6) is 0 Å². The molecule has 0 fully saturated rings. The average molecular weight is 283 g/mol. The van der Waals surface area contributed by atoms with Gasteiger partial charge in [0.05, 0.1) is 6.10 Å². The molecule has 0 aliphatic heterocycles. The highest BCUT2D eigenvalue weighted by Gasteiger charge is 2.04. The Morgan fingerprint density at radius 3 is 2.24 bits per heavy atom. The molecule has 2 nitrogen and oxygen atoms in total. The summed E-state index contributed by atoms with van der Waals surface area (Å²) in [5.74, 6) is 0. The highest BCUT2D eigenvalue weighted by atomic mass is 16.3. The zero-order valence-corrected chi connectivity index (χ0v) is 12.8. The van der Waals surface area contributed by atoms with Crippen LogP contribution in [0.2, 0.25) is 0 Å². The third-order valence-corrected chi connectivity index (χ3v) is 3.79. The van der Waals surface area contributed by atoms with Crippen LogP contribution in [0.3, 0.4) is 0 Å². The second-order valence-corrected chi connectivity index (χ2v) is 5.50. The summed E-state index contributed by atoms with van der Waals surface area (Å²) >= 11 is 0. The predicted molar refractivity (Wildman–Crippen MR) is 89.4 cm³/mol. The van der Waals surface area contributed by atoms with Gasteiger partial charge in [0.1, 0.15) is 0 Å². The first-order valence-corrected chi connectivity index (χ1v) is 7.76. The summed E-state index contributed by atoms with van der Waals surface area (Å²) in [7, 11) is 1.95. The molecule has 1 unspecified atom stereocenters. The smallest absolute Gasteiger partial charge is 0.0543 e. The number of rotatable bonds is 8. The molecule has 0 heterocycles. The number of hydrogen-bond acceptors (Lipinski definition) is 2. The monoisotopic (exact) mass is 283 g/mol. The van der Waals surface area contributed by atoms with Crippen molar-refractivity contribution in [1.82, 2.24) is 5.32 Å². The molecule has 0 bridgehead atoms. The van der Waals surface area contributed by atoms with E-state index in [-0.39, 0.29) is 6.10 Å². The zero-order chi connectivity index (χ0) is 14.9. The van der Waals surface area contributed by atoms with Crippen LogP contribution < -0.4 is 5.32 Å². The topological polar surface area (TPSA) is 32.3 Å². The van der Waals surface area contributed by atoms with Crippen molar-refractivity contribution < 1.29 is 5.11 Å². The fourth-order valence-electron chi connectivity index (χ4n) is 2.49. The molecule has 2 heteroatoms. The lowest BCUT2D eigenvalue weighted by molar-refractivity contribution is 0.152. The Morgan fingerprint density at radius 1 is 0.905 bits per heavy atom. The summed E-state index contributed by atoms with van der Waals surface area (Å²) in [6.07, 6.45) is 3.50. The van der Waals surface area contributed by atoms with E-state index >= 15 is 0 Å². The third-order valence-electron chi connectivity index (χ3n) is 3.79. The third kappa shape index (κ3) is 5.33. The summed E-state index contributed by atoms with van der Waals surface area (Å²) < 4.78 is 0. The van der Waals surface area contributed by atoms with Crippen LogP contribution in [-0.2, 0) is 6.42 Å². The van der Waals surface area contributed by atoms with Crippen molar-refractivity contribution in [2.45, 2.75) is 31.8 Å². The standard InChI is InChI=1S/C19H25NO/c1-20-15-5-8-19(21)14-11-16-9-12-18(13-10-16)17-6-3-2-4-7-17/h2-4,6-7,9-10,12-13,19-21H,5,8,11,14-15H2,1H3. The van der Waals surface area contributed by atoms with Gasteiger partial charge < -0.3 is 10.4 Å². The van der Waals surface area contributed by atoms with Gasteiger partial charge in [-0.2, -0.15) is 0 Å². The van der Waals surface area contributed by atoms with E-state index in [1.807, 2.05) is 13.1 Å². The van der Waals surface area contributed by atoms with Gasteiger partial charge in [-0.1, -0.05) is 54.6 Å². The molecule has 0 aromatic heterocycles. The lowest BCUT2D eigenvalue weighted by Crippen LogP contribution is -2.13. The van der Waals surface area contributed by atoms with Crippen molar-refractivity contribution >= 4 is 0 Å². The molecular weight excluding hydrogens is 258 g/mol. The zero-order valence-electron chi connectivity index (χ0n) is 12.8. The molecular formula is C19H25NO. The molecule has 1 atom stereocenters. The Morgan fingerprint density at radius 2 is 1.57 bits per heavy atom. The molecule has 0 aliphatic rings. The first-order valence-electron chi connectivity index (χ1n) is 7.76. The number of nitrogens with one attached hydrogen (secondary N) is 1. The fraction of sp³-hybridized carbons (Fsp3) is 0.368. The molecule has 0 amide bonds. The number of aliphatic hydroxyl groups excluding tert-OH is 1. The van der Waals surface area contributed by atoms with E-state index in [9.17, 15) is 5.11 Å². The van der Waals surface area contributed by atoms with Gasteiger partial charge in [0.15, 0.2) is 0 Å². The van der Waals surface area contributed by atoms with E-state index in [0.29, 0.717) is 0 Å². The van der Waals surface area contributed by atoms with E-state index in [0.717, 1.165) is 32.2 Å². The Kier molecular flexibility index (Phi) is 6.45. The van der Waals surface area contributed by atoms with E-state index in [2.05, 4.69) is 53.8 Å². The molecule has 2 aromatic carbocycles. The molecule has 0 aliphatic carbocycles. The van der Waals surface area contributed by atoms with Gasteiger partial charge in [0.25, 0.3) is 0 Å². The van der Waals surface area contributed by atoms with Crippen molar-refractivity contribution in [3.05, 3.63) is 60.2 Å². The van der Waals surface area contributed by atoms with Gasteiger partial charge in [-0.15, -0.1) is 0 Å². The van der Waals surface area contributed by atoms with Crippen LogP contribution in [0.4, 0.5) is 0 Å². The van der Waals surface area contributed by atoms with Crippen molar-refractivity contribution in [3.63, 3.8) is 0 Å². The molecule has 21 heavy (non-hydrogen) atoms. The summed E-state index contributed by atoms with van der Waals surface area (Å²) in [6, 6.07) is 19.1. The van der Waals surface area contributed by atoms with Crippen LogP contribution in [0.25, 0.3) is 11.1 Å².